The van der Waals surface area contributed by atoms with Gasteiger partial charge < -0.3 is 15.2 Å². The van der Waals surface area contributed by atoms with Crippen molar-refractivity contribution in [1.29, 1.82) is 0 Å². The number of rotatable bonds is 8. The lowest BCUT2D eigenvalue weighted by molar-refractivity contribution is 0.000638. The van der Waals surface area contributed by atoms with E-state index < -0.39 is 5.97 Å². The summed E-state index contributed by atoms with van der Waals surface area (Å²) in [6, 6.07) is 3.19. The molecule has 0 spiro atoms. The highest BCUT2D eigenvalue weighted by Gasteiger charge is 2.18. The number of aryl methyl sites for hydroxylation is 1. The van der Waals surface area contributed by atoms with Crippen LogP contribution in [-0.4, -0.2) is 34.8 Å². The van der Waals surface area contributed by atoms with Crippen molar-refractivity contribution in [2.75, 3.05) is 18.5 Å². The van der Waals surface area contributed by atoms with Crippen LogP contribution < -0.4 is 5.32 Å². The van der Waals surface area contributed by atoms with E-state index in [0.717, 1.165) is 18.5 Å². The fourth-order valence-corrected chi connectivity index (χ4v) is 1.93. The number of hydrogen-bond acceptors (Lipinski definition) is 4. The predicted molar refractivity (Wildman–Crippen MR) is 79.4 cm³/mol. The summed E-state index contributed by atoms with van der Waals surface area (Å²) < 4.78 is 5.60. The van der Waals surface area contributed by atoms with E-state index in [0.29, 0.717) is 19.0 Å². The van der Waals surface area contributed by atoms with Gasteiger partial charge in [-0.05, 0) is 39.3 Å². The highest BCUT2D eigenvalue weighted by molar-refractivity contribution is 5.88. The Bertz CT molecular complexity index is 458. The number of carboxylic acid groups (broad SMARTS) is 1. The zero-order valence-corrected chi connectivity index (χ0v) is 12.7. The van der Waals surface area contributed by atoms with Crippen LogP contribution in [0.25, 0.3) is 0 Å². The molecule has 5 heteroatoms. The average molecular weight is 280 g/mol. The van der Waals surface area contributed by atoms with Gasteiger partial charge in [0.15, 0.2) is 0 Å². The first-order chi connectivity index (χ1) is 9.38. The number of pyridine rings is 1. The summed E-state index contributed by atoms with van der Waals surface area (Å²) in [5, 5.41) is 12.3. The van der Waals surface area contributed by atoms with Crippen LogP contribution in [0, 0.1) is 0 Å². The minimum Gasteiger partial charge on any atom is -0.478 e. The van der Waals surface area contributed by atoms with Gasteiger partial charge in [0.25, 0.3) is 0 Å². The van der Waals surface area contributed by atoms with Crippen molar-refractivity contribution in [3.05, 3.63) is 23.4 Å². The van der Waals surface area contributed by atoms with Crippen molar-refractivity contribution in [1.82, 2.24) is 4.98 Å². The van der Waals surface area contributed by atoms with Crippen molar-refractivity contribution in [2.24, 2.45) is 0 Å². The van der Waals surface area contributed by atoms with Gasteiger partial charge in [-0.3, -0.25) is 0 Å². The van der Waals surface area contributed by atoms with Gasteiger partial charge >= 0.3 is 5.97 Å². The summed E-state index contributed by atoms with van der Waals surface area (Å²) >= 11 is 0. The number of carbonyl (C=O) groups is 1. The lowest BCUT2D eigenvalue weighted by Crippen LogP contribution is -2.33. The molecule has 0 amide bonds. The van der Waals surface area contributed by atoms with Crippen LogP contribution in [-0.2, 0) is 11.2 Å². The molecule has 0 aliphatic heterocycles. The second kappa shape index (κ2) is 7.24. The quantitative estimate of drug-likeness (QED) is 0.766. The molecule has 112 valence electrons. The largest absolute Gasteiger partial charge is 0.478 e. The van der Waals surface area contributed by atoms with E-state index in [1.807, 2.05) is 27.7 Å². The van der Waals surface area contributed by atoms with Crippen LogP contribution >= 0.6 is 0 Å². The maximum absolute atomic E-state index is 11.1. The van der Waals surface area contributed by atoms with Gasteiger partial charge in [-0.1, -0.05) is 13.3 Å². The van der Waals surface area contributed by atoms with Gasteiger partial charge in [-0.2, -0.15) is 0 Å². The number of nitrogens with zero attached hydrogens (tertiary/aromatic N) is 1. The normalized spacial score (nSPS) is 11.4. The Morgan fingerprint density at radius 2 is 2.10 bits per heavy atom. The molecule has 0 aliphatic rings. The number of aromatic nitrogens is 1. The van der Waals surface area contributed by atoms with E-state index in [-0.39, 0.29) is 11.2 Å². The number of ether oxygens (including phenoxy) is 1. The van der Waals surface area contributed by atoms with Crippen molar-refractivity contribution in [2.45, 2.75) is 46.1 Å². The smallest absolute Gasteiger partial charge is 0.335 e. The van der Waals surface area contributed by atoms with Crippen LogP contribution in [0.2, 0.25) is 0 Å². The SMILES string of the molecule is CCCc1cc(C(=O)O)cc(NCC(C)(C)OCC)n1. The first-order valence-electron chi connectivity index (χ1n) is 7.00. The summed E-state index contributed by atoms with van der Waals surface area (Å²) in [4.78, 5) is 15.6. The minimum atomic E-state index is -0.933. The molecule has 2 N–H and O–H groups in total. The number of aromatic carboxylic acids is 1. The molecule has 0 aliphatic carbocycles. The molecule has 0 unspecified atom stereocenters. The molecule has 5 nitrogen and oxygen atoms in total. The van der Waals surface area contributed by atoms with Crippen LogP contribution in [0.5, 0.6) is 0 Å². The molecule has 0 atom stereocenters. The molecular formula is C15H24N2O3. The fraction of sp³-hybridized carbons (Fsp3) is 0.600. The Morgan fingerprint density at radius 3 is 2.65 bits per heavy atom. The summed E-state index contributed by atoms with van der Waals surface area (Å²) in [5.41, 5.74) is 0.741. The van der Waals surface area contributed by atoms with Gasteiger partial charge in [-0.25, -0.2) is 9.78 Å². The molecule has 0 saturated heterocycles. The third-order valence-electron chi connectivity index (χ3n) is 2.86. The molecular weight excluding hydrogens is 256 g/mol. The lowest BCUT2D eigenvalue weighted by atomic mass is 10.1. The maximum Gasteiger partial charge on any atom is 0.335 e. The van der Waals surface area contributed by atoms with E-state index in [9.17, 15) is 4.79 Å². The molecule has 0 bridgehead atoms. The van der Waals surface area contributed by atoms with E-state index in [1.165, 1.54) is 0 Å². The molecule has 1 aromatic heterocycles. The number of carboxylic acids is 1. The Labute approximate surface area is 120 Å². The monoisotopic (exact) mass is 280 g/mol. The van der Waals surface area contributed by atoms with Gasteiger partial charge in [-0.15, -0.1) is 0 Å². The second-order valence-corrected chi connectivity index (χ2v) is 5.33. The van der Waals surface area contributed by atoms with Crippen LogP contribution in [0.1, 0.15) is 50.2 Å². The lowest BCUT2D eigenvalue weighted by Gasteiger charge is -2.25. The minimum absolute atomic E-state index is 0.264. The topological polar surface area (TPSA) is 71.5 Å². The molecule has 1 rings (SSSR count). The van der Waals surface area contributed by atoms with Gasteiger partial charge in [0.2, 0.25) is 0 Å². The summed E-state index contributed by atoms with van der Waals surface area (Å²) in [6.07, 6.45) is 1.70. The molecule has 0 radical (unpaired) electrons. The number of anilines is 1. The summed E-state index contributed by atoms with van der Waals surface area (Å²) in [5.74, 6) is -0.349. The third kappa shape index (κ3) is 5.17. The summed E-state index contributed by atoms with van der Waals surface area (Å²) in [6.45, 7) is 9.17. The van der Waals surface area contributed by atoms with E-state index in [1.54, 1.807) is 12.1 Å². The molecule has 0 aromatic carbocycles. The van der Waals surface area contributed by atoms with Crippen LogP contribution in [0.15, 0.2) is 12.1 Å². The Morgan fingerprint density at radius 1 is 1.40 bits per heavy atom. The molecule has 1 heterocycles. The van der Waals surface area contributed by atoms with Crippen molar-refractivity contribution in [3.63, 3.8) is 0 Å². The Balaban J connectivity index is 2.85. The van der Waals surface area contributed by atoms with E-state index >= 15 is 0 Å². The summed E-state index contributed by atoms with van der Waals surface area (Å²) in [7, 11) is 0. The number of nitrogens with one attached hydrogen (secondary N) is 1. The maximum atomic E-state index is 11.1. The van der Waals surface area contributed by atoms with Crippen LogP contribution in [0.3, 0.4) is 0 Å². The van der Waals surface area contributed by atoms with Gasteiger partial charge in [0.05, 0.1) is 11.2 Å². The average Bonchev–Trinajstić information content (AvgIpc) is 2.36. The molecule has 0 fully saturated rings. The van der Waals surface area contributed by atoms with Crippen molar-refractivity contribution < 1.29 is 14.6 Å². The first kappa shape index (κ1) is 16.4. The zero-order chi connectivity index (χ0) is 15.2. The zero-order valence-electron chi connectivity index (χ0n) is 12.7. The Kier molecular flexibility index (Phi) is 5.95. The number of hydrogen-bond donors (Lipinski definition) is 2. The fourth-order valence-electron chi connectivity index (χ4n) is 1.93. The van der Waals surface area contributed by atoms with E-state index in [4.69, 9.17) is 9.84 Å². The molecule has 1 aromatic rings. The first-order valence-corrected chi connectivity index (χ1v) is 7.00. The van der Waals surface area contributed by atoms with Crippen molar-refractivity contribution >= 4 is 11.8 Å². The van der Waals surface area contributed by atoms with E-state index in [2.05, 4.69) is 10.3 Å². The van der Waals surface area contributed by atoms with Gasteiger partial charge in [0, 0.05) is 18.8 Å². The van der Waals surface area contributed by atoms with Gasteiger partial charge in [0.1, 0.15) is 5.82 Å². The highest BCUT2D eigenvalue weighted by atomic mass is 16.5. The van der Waals surface area contributed by atoms with Crippen molar-refractivity contribution in [3.8, 4) is 0 Å². The standard InChI is InChI=1S/C15H24N2O3/c1-5-7-12-8-11(14(18)19)9-13(17-12)16-10-15(3,4)20-6-2/h8-9H,5-7,10H2,1-4H3,(H,16,17)(H,18,19). The molecule has 20 heavy (non-hydrogen) atoms. The second-order valence-electron chi connectivity index (χ2n) is 5.33. The predicted octanol–water partition coefficient (Wildman–Crippen LogP) is 2.96. The molecule has 0 saturated carbocycles. The third-order valence-corrected chi connectivity index (χ3v) is 2.86. The highest BCUT2D eigenvalue weighted by Crippen LogP contribution is 2.15. The Hall–Kier alpha value is -1.62. The van der Waals surface area contributed by atoms with Crippen LogP contribution in [0.4, 0.5) is 5.82 Å².